The number of imidazole rings is 1. The van der Waals surface area contributed by atoms with Crippen molar-refractivity contribution in [3.05, 3.63) is 66.1 Å². The fourth-order valence-electron chi connectivity index (χ4n) is 3.36. The van der Waals surface area contributed by atoms with E-state index >= 15 is 0 Å². The van der Waals surface area contributed by atoms with Gasteiger partial charge in [0.2, 0.25) is 10.0 Å². The van der Waals surface area contributed by atoms with Gasteiger partial charge in [0.25, 0.3) is 0 Å². The van der Waals surface area contributed by atoms with E-state index in [1.807, 2.05) is 12.1 Å². The SMILES string of the molecule is CCNS(=O)(=O)c1ccc(-c2cnc3nc(CCc4cc(OC)ccn4)[nH]c3c2)cc1F. The molecule has 0 aliphatic carbocycles. The van der Waals surface area contributed by atoms with Gasteiger partial charge in [0, 0.05) is 42.7 Å². The number of aromatic nitrogens is 4. The lowest BCUT2D eigenvalue weighted by Crippen LogP contribution is -2.24. The average molecular weight is 456 g/mol. The number of aromatic amines is 1. The zero-order valence-corrected chi connectivity index (χ0v) is 18.4. The van der Waals surface area contributed by atoms with Crippen molar-refractivity contribution < 1.29 is 17.5 Å². The molecule has 0 unspecified atom stereocenters. The van der Waals surface area contributed by atoms with Gasteiger partial charge in [-0.3, -0.25) is 4.98 Å². The highest BCUT2D eigenvalue weighted by Gasteiger charge is 2.19. The Morgan fingerprint density at radius 3 is 2.69 bits per heavy atom. The molecule has 0 aliphatic rings. The molecule has 3 aromatic heterocycles. The van der Waals surface area contributed by atoms with E-state index in [-0.39, 0.29) is 11.4 Å². The molecule has 10 heteroatoms. The standard InChI is InChI=1S/C22H22FN5O3S/c1-3-26-32(29,30)20-6-4-14(10-18(20)23)15-11-19-22(25-13-15)28-21(27-19)7-5-16-12-17(31-2)8-9-24-16/h4,6,8-13,26H,3,5,7H2,1-2H3,(H,25,27,28). The van der Waals surface area contributed by atoms with E-state index in [0.717, 1.165) is 17.3 Å². The molecule has 4 aromatic rings. The Morgan fingerprint density at radius 2 is 1.94 bits per heavy atom. The summed E-state index contributed by atoms with van der Waals surface area (Å²) in [7, 11) is -2.26. The van der Waals surface area contributed by atoms with Crippen LogP contribution in [0.25, 0.3) is 22.3 Å². The minimum atomic E-state index is -3.87. The van der Waals surface area contributed by atoms with Crippen molar-refractivity contribution in [3.8, 4) is 16.9 Å². The molecule has 2 N–H and O–H groups in total. The fraction of sp³-hybridized carbons (Fsp3) is 0.227. The molecule has 1 aromatic carbocycles. The van der Waals surface area contributed by atoms with Gasteiger partial charge in [-0.2, -0.15) is 0 Å². The number of benzene rings is 1. The third-order valence-corrected chi connectivity index (χ3v) is 6.50. The van der Waals surface area contributed by atoms with Crippen molar-refractivity contribution in [2.45, 2.75) is 24.7 Å². The third-order valence-electron chi connectivity index (χ3n) is 4.92. The molecule has 166 valence electrons. The van der Waals surface area contributed by atoms with E-state index in [0.29, 0.717) is 35.1 Å². The number of nitrogens with zero attached hydrogens (tertiary/aromatic N) is 3. The number of hydrogen-bond donors (Lipinski definition) is 2. The second kappa shape index (κ2) is 9.01. The molecular weight excluding hydrogens is 433 g/mol. The molecule has 3 heterocycles. The molecule has 0 saturated heterocycles. The average Bonchev–Trinajstić information content (AvgIpc) is 3.19. The number of rotatable bonds is 8. The van der Waals surface area contributed by atoms with E-state index in [9.17, 15) is 12.8 Å². The van der Waals surface area contributed by atoms with Crippen LogP contribution in [0.1, 0.15) is 18.4 Å². The first kappa shape index (κ1) is 21.8. The van der Waals surface area contributed by atoms with E-state index in [4.69, 9.17) is 4.74 Å². The summed E-state index contributed by atoms with van der Waals surface area (Å²) in [6.07, 6.45) is 4.60. The predicted octanol–water partition coefficient (Wildman–Crippen LogP) is 3.25. The second-order valence-electron chi connectivity index (χ2n) is 7.11. The van der Waals surface area contributed by atoms with Gasteiger partial charge in [0.1, 0.15) is 22.3 Å². The summed E-state index contributed by atoms with van der Waals surface area (Å²) in [6.45, 7) is 1.82. The van der Waals surface area contributed by atoms with Crippen LogP contribution < -0.4 is 9.46 Å². The van der Waals surface area contributed by atoms with Gasteiger partial charge in [0.05, 0.1) is 12.6 Å². The molecule has 8 nitrogen and oxygen atoms in total. The summed E-state index contributed by atoms with van der Waals surface area (Å²) < 4.78 is 46.2. The minimum absolute atomic E-state index is 0.181. The lowest BCUT2D eigenvalue weighted by molar-refractivity contribution is 0.413. The van der Waals surface area contributed by atoms with Crippen LogP contribution in [0.2, 0.25) is 0 Å². The number of fused-ring (bicyclic) bond motifs is 1. The molecular formula is C22H22FN5O3S. The third kappa shape index (κ3) is 4.61. The Balaban J connectivity index is 1.56. The first-order chi connectivity index (χ1) is 15.4. The van der Waals surface area contributed by atoms with Crippen LogP contribution >= 0.6 is 0 Å². The summed E-state index contributed by atoms with van der Waals surface area (Å²) in [6, 6.07) is 9.50. The smallest absolute Gasteiger partial charge is 0.243 e. The number of H-pyrrole nitrogens is 1. The van der Waals surface area contributed by atoms with Gasteiger partial charge in [-0.25, -0.2) is 27.5 Å². The maximum absolute atomic E-state index is 14.5. The van der Waals surface area contributed by atoms with Crippen LogP contribution in [-0.2, 0) is 22.9 Å². The summed E-state index contributed by atoms with van der Waals surface area (Å²) in [4.78, 5) is 16.1. The Labute approximate surface area is 185 Å². The van der Waals surface area contributed by atoms with E-state index in [2.05, 4.69) is 24.7 Å². The maximum Gasteiger partial charge on any atom is 0.243 e. The molecule has 32 heavy (non-hydrogen) atoms. The van der Waals surface area contributed by atoms with Crippen LogP contribution in [0.4, 0.5) is 4.39 Å². The molecule has 0 bridgehead atoms. The molecule has 0 spiro atoms. The number of ether oxygens (including phenoxy) is 1. The van der Waals surface area contributed by atoms with Gasteiger partial charge in [-0.05, 0) is 36.2 Å². The van der Waals surface area contributed by atoms with Gasteiger partial charge >= 0.3 is 0 Å². The summed E-state index contributed by atoms with van der Waals surface area (Å²) in [5, 5.41) is 0. The molecule has 0 fully saturated rings. The minimum Gasteiger partial charge on any atom is -0.497 e. The zero-order valence-electron chi connectivity index (χ0n) is 17.6. The number of pyridine rings is 2. The van der Waals surface area contributed by atoms with Crippen molar-refractivity contribution >= 4 is 21.2 Å². The van der Waals surface area contributed by atoms with E-state index < -0.39 is 15.8 Å². The number of sulfonamides is 1. The molecule has 0 saturated carbocycles. The van der Waals surface area contributed by atoms with Gasteiger partial charge < -0.3 is 9.72 Å². The highest BCUT2D eigenvalue weighted by atomic mass is 32.2. The first-order valence-electron chi connectivity index (χ1n) is 10.0. The largest absolute Gasteiger partial charge is 0.497 e. The lowest BCUT2D eigenvalue weighted by Gasteiger charge is -2.08. The normalized spacial score (nSPS) is 11.7. The van der Waals surface area contributed by atoms with Gasteiger partial charge in [0.15, 0.2) is 5.65 Å². The number of hydrogen-bond acceptors (Lipinski definition) is 6. The van der Waals surface area contributed by atoms with Crippen molar-refractivity contribution in [3.63, 3.8) is 0 Å². The van der Waals surface area contributed by atoms with E-state index in [1.54, 1.807) is 38.6 Å². The number of methoxy groups -OCH3 is 1. The maximum atomic E-state index is 14.5. The first-order valence-corrected chi connectivity index (χ1v) is 11.5. The van der Waals surface area contributed by atoms with Crippen LogP contribution in [-0.4, -0.2) is 42.0 Å². The number of aryl methyl sites for hydroxylation is 2. The van der Waals surface area contributed by atoms with Crippen molar-refractivity contribution in [1.82, 2.24) is 24.7 Å². The molecule has 0 radical (unpaired) electrons. The van der Waals surface area contributed by atoms with Crippen LogP contribution in [0.3, 0.4) is 0 Å². The van der Waals surface area contributed by atoms with Crippen molar-refractivity contribution in [2.75, 3.05) is 13.7 Å². The van der Waals surface area contributed by atoms with Gasteiger partial charge in [-0.15, -0.1) is 0 Å². The van der Waals surface area contributed by atoms with Crippen molar-refractivity contribution in [2.24, 2.45) is 0 Å². The topological polar surface area (TPSA) is 110 Å². The molecule has 4 rings (SSSR count). The summed E-state index contributed by atoms with van der Waals surface area (Å²) in [5.74, 6) is 0.689. The molecule has 0 atom stereocenters. The predicted molar refractivity (Wildman–Crippen MR) is 118 cm³/mol. The monoisotopic (exact) mass is 455 g/mol. The number of nitrogens with one attached hydrogen (secondary N) is 2. The van der Waals surface area contributed by atoms with Crippen LogP contribution in [0.5, 0.6) is 5.75 Å². The summed E-state index contributed by atoms with van der Waals surface area (Å²) in [5.41, 5.74) is 3.31. The Kier molecular flexibility index (Phi) is 6.15. The van der Waals surface area contributed by atoms with Crippen LogP contribution in [0.15, 0.2) is 53.7 Å². The Bertz CT molecular complexity index is 1370. The van der Waals surface area contributed by atoms with Gasteiger partial charge in [-0.1, -0.05) is 13.0 Å². The lowest BCUT2D eigenvalue weighted by atomic mass is 10.1. The second-order valence-corrected chi connectivity index (χ2v) is 8.85. The quantitative estimate of drug-likeness (QED) is 0.422. The Morgan fingerprint density at radius 1 is 1.09 bits per heavy atom. The zero-order chi connectivity index (χ0) is 22.7. The van der Waals surface area contributed by atoms with Crippen LogP contribution in [0, 0.1) is 5.82 Å². The highest BCUT2D eigenvalue weighted by molar-refractivity contribution is 7.89. The highest BCUT2D eigenvalue weighted by Crippen LogP contribution is 2.26. The number of halogens is 1. The van der Waals surface area contributed by atoms with Crippen molar-refractivity contribution in [1.29, 1.82) is 0 Å². The molecule has 0 aliphatic heterocycles. The molecule has 0 amide bonds. The fourth-order valence-corrected chi connectivity index (χ4v) is 4.46. The Hall–Kier alpha value is -3.37. The summed E-state index contributed by atoms with van der Waals surface area (Å²) >= 11 is 0. The van der Waals surface area contributed by atoms with E-state index in [1.165, 1.54) is 12.1 Å².